The van der Waals surface area contributed by atoms with E-state index in [4.69, 9.17) is 0 Å². The molecule has 8 heteroatoms. The Kier molecular flexibility index (Phi) is 4.33. The first-order valence-corrected chi connectivity index (χ1v) is 7.78. The second kappa shape index (κ2) is 6.57. The fourth-order valence-electron chi connectivity index (χ4n) is 2.10. The molecular weight excluding hydrogens is 314 g/mol. The molecule has 0 spiro atoms. The molecule has 2 aromatic carbocycles. The number of nitro benzene ring substituents is 1. The summed E-state index contributed by atoms with van der Waals surface area (Å²) < 4.78 is 1.65. The number of hydrogen-bond donors (Lipinski definition) is 0. The van der Waals surface area contributed by atoms with Crippen molar-refractivity contribution in [2.24, 2.45) is 0 Å². The predicted molar refractivity (Wildman–Crippen MR) is 86.5 cm³/mol. The third-order valence-electron chi connectivity index (χ3n) is 3.27. The monoisotopic (exact) mass is 327 g/mol. The van der Waals surface area contributed by atoms with Crippen LogP contribution in [0.5, 0.6) is 0 Å². The van der Waals surface area contributed by atoms with Gasteiger partial charge in [-0.15, -0.1) is 5.10 Å². The number of thioether (sulfide) groups is 1. The molecule has 1 heterocycles. The molecule has 0 bridgehead atoms. The molecule has 7 nitrogen and oxygen atoms in total. The zero-order valence-electron chi connectivity index (χ0n) is 12.2. The van der Waals surface area contributed by atoms with Gasteiger partial charge in [-0.25, -0.2) is 0 Å². The van der Waals surface area contributed by atoms with Gasteiger partial charge >= 0.3 is 0 Å². The number of nitrogens with zero attached hydrogens (tertiary/aromatic N) is 5. The molecule has 0 aliphatic carbocycles. The molecule has 116 valence electrons. The summed E-state index contributed by atoms with van der Waals surface area (Å²) in [6.07, 6.45) is 0. The van der Waals surface area contributed by atoms with Crippen molar-refractivity contribution in [3.8, 4) is 5.69 Å². The summed E-state index contributed by atoms with van der Waals surface area (Å²) in [5.74, 6) is 0. The molecule has 0 amide bonds. The maximum Gasteiger partial charge on any atom is 0.269 e. The molecule has 0 radical (unpaired) electrons. The topological polar surface area (TPSA) is 86.7 Å². The van der Waals surface area contributed by atoms with Crippen LogP contribution in [0.25, 0.3) is 5.69 Å². The van der Waals surface area contributed by atoms with Gasteiger partial charge in [0.25, 0.3) is 5.69 Å². The van der Waals surface area contributed by atoms with E-state index in [1.54, 1.807) is 16.8 Å². The molecule has 23 heavy (non-hydrogen) atoms. The molecule has 0 saturated heterocycles. The number of hydrogen-bond acceptors (Lipinski definition) is 6. The van der Waals surface area contributed by atoms with Crippen LogP contribution >= 0.6 is 11.8 Å². The fraction of sp³-hybridized carbons (Fsp3) is 0.133. The lowest BCUT2D eigenvalue weighted by molar-refractivity contribution is -0.384. The normalized spacial score (nSPS) is 12.0. The molecular formula is C15H13N5O2S. The Morgan fingerprint density at radius 2 is 1.96 bits per heavy atom. The second-order valence-electron chi connectivity index (χ2n) is 4.82. The minimum absolute atomic E-state index is 0.0247. The zero-order chi connectivity index (χ0) is 16.2. The first-order chi connectivity index (χ1) is 11.1. The number of tetrazole rings is 1. The summed E-state index contributed by atoms with van der Waals surface area (Å²) >= 11 is 1.45. The summed E-state index contributed by atoms with van der Waals surface area (Å²) in [5.41, 5.74) is 1.80. The lowest BCUT2D eigenvalue weighted by atomic mass is 10.1. The Bertz CT molecular complexity index is 821. The molecule has 0 N–H and O–H groups in total. The van der Waals surface area contributed by atoms with Crippen molar-refractivity contribution in [3.05, 3.63) is 70.3 Å². The van der Waals surface area contributed by atoms with Gasteiger partial charge in [0.2, 0.25) is 5.16 Å². The average Bonchev–Trinajstić information content (AvgIpc) is 3.04. The number of aromatic nitrogens is 4. The van der Waals surface area contributed by atoms with Crippen molar-refractivity contribution in [1.29, 1.82) is 0 Å². The van der Waals surface area contributed by atoms with Gasteiger partial charge in [-0.2, -0.15) is 4.68 Å². The van der Waals surface area contributed by atoms with Gasteiger partial charge in [0, 0.05) is 17.4 Å². The van der Waals surface area contributed by atoms with Crippen LogP contribution in [0.15, 0.2) is 59.8 Å². The van der Waals surface area contributed by atoms with E-state index >= 15 is 0 Å². The Morgan fingerprint density at radius 1 is 1.17 bits per heavy atom. The zero-order valence-corrected chi connectivity index (χ0v) is 13.1. The Morgan fingerprint density at radius 3 is 2.70 bits per heavy atom. The SMILES string of the molecule is C[C@@H](Sc1nnnn1-c1ccccc1)c1cccc([N+](=O)[O-])c1. The summed E-state index contributed by atoms with van der Waals surface area (Å²) in [7, 11) is 0. The summed E-state index contributed by atoms with van der Waals surface area (Å²) in [6.45, 7) is 1.97. The lowest BCUT2D eigenvalue weighted by Crippen LogP contribution is -2.00. The lowest BCUT2D eigenvalue weighted by Gasteiger charge is -2.11. The molecule has 0 saturated carbocycles. The van der Waals surface area contributed by atoms with E-state index in [1.807, 2.05) is 43.3 Å². The summed E-state index contributed by atoms with van der Waals surface area (Å²) in [6, 6.07) is 16.2. The van der Waals surface area contributed by atoms with E-state index < -0.39 is 4.92 Å². The standard InChI is InChI=1S/C15H13N5O2S/c1-11(12-6-5-9-14(10-12)20(21)22)23-15-16-17-18-19(15)13-7-3-2-4-8-13/h2-11H,1H3/t11-/m1/s1. The largest absolute Gasteiger partial charge is 0.269 e. The quantitative estimate of drug-likeness (QED) is 0.405. The van der Waals surface area contributed by atoms with Gasteiger partial charge in [-0.05, 0) is 35.0 Å². The summed E-state index contributed by atoms with van der Waals surface area (Å²) in [5, 5.41) is 23.3. The second-order valence-corrected chi connectivity index (χ2v) is 6.13. The number of non-ortho nitro benzene ring substituents is 1. The number of benzene rings is 2. The van der Waals surface area contributed by atoms with E-state index in [1.165, 1.54) is 17.8 Å². The number of rotatable bonds is 5. The fourth-order valence-corrected chi connectivity index (χ4v) is 3.03. The molecule has 3 aromatic rings. The van der Waals surface area contributed by atoms with Crippen molar-refractivity contribution in [2.45, 2.75) is 17.3 Å². The molecule has 1 aromatic heterocycles. The van der Waals surface area contributed by atoms with Crippen LogP contribution < -0.4 is 0 Å². The van der Waals surface area contributed by atoms with E-state index in [9.17, 15) is 10.1 Å². The highest BCUT2D eigenvalue weighted by Gasteiger charge is 2.16. The van der Waals surface area contributed by atoms with Crippen LogP contribution in [-0.2, 0) is 0 Å². The molecule has 0 aliphatic heterocycles. The van der Waals surface area contributed by atoms with Gasteiger partial charge in [-0.3, -0.25) is 10.1 Å². The molecule has 3 rings (SSSR count). The molecule has 0 unspecified atom stereocenters. The Labute approximate surface area is 136 Å². The van der Waals surface area contributed by atoms with Crippen molar-refractivity contribution >= 4 is 17.4 Å². The van der Waals surface area contributed by atoms with Gasteiger partial charge in [-0.1, -0.05) is 42.1 Å². The highest BCUT2D eigenvalue weighted by molar-refractivity contribution is 7.99. The number of para-hydroxylation sites is 1. The predicted octanol–water partition coefficient (Wildman–Crippen LogP) is 3.42. The van der Waals surface area contributed by atoms with Gasteiger partial charge < -0.3 is 0 Å². The maximum absolute atomic E-state index is 10.9. The van der Waals surface area contributed by atoms with E-state index in [-0.39, 0.29) is 10.9 Å². The van der Waals surface area contributed by atoms with Crippen LogP contribution in [0.1, 0.15) is 17.7 Å². The van der Waals surface area contributed by atoms with Crippen molar-refractivity contribution in [1.82, 2.24) is 20.2 Å². The third kappa shape index (κ3) is 3.37. The van der Waals surface area contributed by atoms with E-state index in [2.05, 4.69) is 15.5 Å². The average molecular weight is 327 g/mol. The van der Waals surface area contributed by atoms with Crippen molar-refractivity contribution in [3.63, 3.8) is 0 Å². The van der Waals surface area contributed by atoms with E-state index in [0.29, 0.717) is 5.16 Å². The number of nitro groups is 1. The molecule has 1 atom stereocenters. The van der Waals surface area contributed by atoms with Crippen molar-refractivity contribution < 1.29 is 4.92 Å². The smallest absolute Gasteiger partial charge is 0.258 e. The van der Waals surface area contributed by atoms with Crippen LogP contribution in [0.4, 0.5) is 5.69 Å². The first-order valence-electron chi connectivity index (χ1n) is 6.90. The van der Waals surface area contributed by atoms with Crippen LogP contribution in [0.3, 0.4) is 0 Å². The Hall–Kier alpha value is -2.74. The highest BCUT2D eigenvalue weighted by Crippen LogP contribution is 2.35. The van der Waals surface area contributed by atoms with Crippen molar-refractivity contribution in [2.75, 3.05) is 0 Å². The molecule has 0 fully saturated rings. The van der Waals surface area contributed by atoms with Gasteiger partial charge in [0.05, 0.1) is 10.6 Å². The van der Waals surface area contributed by atoms with Crippen LogP contribution in [0.2, 0.25) is 0 Å². The third-order valence-corrected chi connectivity index (χ3v) is 4.37. The first kappa shape index (κ1) is 15.2. The van der Waals surface area contributed by atoms with Gasteiger partial charge in [0.15, 0.2) is 0 Å². The molecule has 0 aliphatic rings. The van der Waals surface area contributed by atoms with Gasteiger partial charge in [0.1, 0.15) is 0 Å². The van der Waals surface area contributed by atoms with Crippen LogP contribution in [0, 0.1) is 10.1 Å². The highest BCUT2D eigenvalue weighted by atomic mass is 32.2. The van der Waals surface area contributed by atoms with Crippen LogP contribution in [-0.4, -0.2) is 25.1 Å². The minimum Gasteiger partial charge on any atom is -0.258 e. The summed E-state index contributed by atoms with van der Waals surface area (Å²) in [4.78, 5) is 10.5. The maximum atomic E-state index is 10.9. The minimum atomic E-state index is -0.394. The Balaban J connectivity index is 1.84. The van der Waals surface area contributed by atoms with E-state index in [0.717, 1.165) is 11.3 Å².